The van der Waals surface area contributed by atoms with E-state index in [1.807, 2.05) is 18.6 Å². The molecule has 1 aromatic rings. The number of nitrogens with one attached hydrogen (secondary N) is 1. The van der Waals surface area contributed by atoms with Gasteiger partial charge in [0.2, 0.25) is 0 Å². The Balaban J connectivity index is 1.92. The van der Waals surface area contributed by atoms with Gasteiger partial charge in [-0.25, -0.2) is 4.98 Å². The first-order valence-corrected chi connectivity index (χ1v) is 7.95. The largest absolute Gasteiger partial charge is 0.350 e. The van der Waals surface area contributed by atoms with Crippen LogP contribution in [-0.2, 0) is 6.54 Å². The highest BCUT2D eigenvalue weighted by molar-refractivity contribution is 7.09. The number of likely N-dealkylation sites (tertiary alicyclic amines) is 1. The third-order valence-electron chi connectivity index (χ3n) is 4.33. The lowest BCUT2D eigenvalue weighted by Crippen LogP contribution is -2.40. The molecule has 5 heteroatoms. The predicted octanol–water partition coefficient (Wildman–Crippen LogP) is 2.73. The van der Waals surface area contributed by atoms with Gasteiger partial charge in [-0.05, 0) is 24.7 Å². The van der Waals surface area contributed by atoms with Gasteiger partial charge in [0.25, 0.3) is 0 Å². The maximum atomic E-state index is 4.41. The average Bonchev–Trinajstić information content (AvgIpc) is 3.09. The van der Waals surface area contributed by atoms with Crippen LogP contribution in [-0.4, -0.2) is 36.0 Å². The summed E-state index contributed by atoms with van der Waals surface area (Å²) in [6, 6.07) is 0. The summed E-state index contributed by atoms with van der Waals surface area (Å²) >= 11 is 1.68. The van der Waals surface area contributed by atoms with Crippen LogP contribution in [0, 0.1) is 5.41 Å². The lowest BCUT2D eigenvalue weighted by Gasteiger charge is -2.27. The summed E-state index contributed by atoms with van der Waals surface area (Å²) in [4.78, 5) is 11.1. The molecule has 0 amide bonds. The number of hydrogen-bond donors (Lipinski definition) is 1. The second-order valence-electron chi connectivity index (χ2n) is 5.21. The zero-order valence-corrected chi connectivity index (χ0v) is 13.0. The smallest absolute Gasteiger partial charge is 0.194 e. The van der Waals surface area contributed by atoms with Crippen LogP contribution >= 0.6 is 11.3 Å². The zero-order valence-electron chi connectivity index (χ0n) is 12.1. The number of aromatic nitrogens is 1. The van der Waals surface area contributed by atoms with E-state index in [0.717, 1.165) is 30.6 Å². The van der Waals surface area contributed by atoms with Crippen molar-refractivity contribution in [2.45, 2.75) is 39.7 Å². The van der Waals surface area contributed by atoms with Gasteiger partial charge in [0.1, 0.15) is 5.01 Å². The van der Waals surface area contributed by atoms with E-state index in [2.05, 4.69) is 34.0 Å². The van der Waals surface area contributed by atoms with Crippen molar-refractivity contribution < 1.29 is 0 Å². The lowest BCUT2D eigenvalue weighted by atomic mass is 9.82. The van der Waals surface area contributed by atoms with Crippen LogP contribution in [0.3, 0.4) is 0 Å². The molecule has 0 aliphatic carbocycles. The van der Waals surface area contributed by atoms with Crippen molar-refractivity contribution >= 4 is 17.3 Å². The molecule has 106 valence electrons. The van der Waals surface area contributed by atoms with E-state index in [1.54, 1.807) is 11.3 Å². The minimum absolute atomic E-state index is 0.485. The fourth-order valence-electron chi connectivity index (χ4n) is 2.77. The molecular formula is C14H24N4S. The minimum atomic E-state index is 0.485. The van der Waals surface area contributed by atoms with Gasteiger partial charge in [-0.1, -0.05) is 13.8 Å². The summed E-state index contributed by atoms with van der Waals surface area (Å²) in [5.41, 5.74) is 0.485. The van der Waals surface area contributed by atoms with E-state index in [0.29, 0.717) is 5.41 Å². The quantitative estimate of drug-likeness (QED) is 0.681. The van der Waals surface area contributed by atoms with Crippen molar-refractivity contribution in [2.75, 3.05) is 20.1 Å². The number of nitrogens with zero attached hydrogens (tertiary/aromatic N) is 3. The van der Waals surface area contributed by atoms with E-state index in [4.69, 9.17) is 0 Å². The molecule has 2 heterocycles. The van der Waals surface area contributed by atoms with Crippen LogP contribution in [0.4, 0.5) is 0 Å². The Labute approximate surface area is 120 Å². The van der Waals surface area contributed by atoms with Crippen molar-refractivity contribution in [3.63, 3.8) is 0 Å². The second-order valence-corrected chi connectivity index (χ2v) is 6.18. The van der Waals surface area contributed by atoms with Crippen LogP contribution in [0.5, 0.6) is 0 Å². The maximum Gasteiger partial charge on any atom is 0.194 e. The SMILES string of the molecule is CCC1(CC)CCN(C(=NC)NCc2nccs2)C1. The molecule has 1 fully saturated rings. The monoisotopic (exact) mass is 280 g/mol. The van der Waals surface area contributed by atoms with Crippen molar-refractivity contribution in [3.05, 3.63) is 16.6 Å². The summed E-state index contributed by atoms with van der Waals surface area (Å²) < 4.78 is 0. The maximum absolute atomic E-state index is 4.41. The summed E-state index contributed by atoms with van der Waals surface area (Å²) in [5, 5.41) is 6.54. The molecule has 0 saturated carbocycles. The van der Waals surface area contributed by atoms with Crippen LogP contribution in [0.1, 0.15) is 38.1 Å². The highest BCUT2D eigenvalue weighted by atomic mass is 32.1. The fraction of sp³-hybridized carbons (Fsp3) is 0.714. The highest BCUT2D eigenvalue weighted by Gasteiger charge is 2.36. The van der Waals surface area contributed by atoms with Crippen LogP contribution < -0.4 is 5.32 Å². The molecule has 1 aromatic heterocycles. The van der Waals surface area contributed by atoms with Gasteiger partial charge < -0.3 is 10.2 Å². The molecular weight excluding hydrogens is 256 g/mol. The van der Waals surface area contributed by atoms with Gasteiger partial charge in [0.15, 0.2) is 5.96 Å². The Morgan fingerprint density at radius 3 is 2.84 bits per heavy atom. The zero-order chi connectivity index (χ0) is 13.7. The average molecular weight is 280 g/mol. The molecule has 0 radical (unpaired) electrons. The van der Waals surface area contributed by atoms with E-state index in [9.17, 15) is 0 Å². The molecule has 1 N–H and O–H groups in total. The number of thiazole rings is 1. The van der Waals surface area contributed by atoms with Crippen molar-refractivity contribution in [3.8, 4) is 0 Å². The minimum Gasteiger partial charge on any atom is -0.350 e. The third-order valence-corrected chi connectivity index (χ3v) is 5.11. The standard InChI is InChI=1S/C14H24N4S/c1-4-14(5-2)6-8-18(11-14)13(15-3)17-10-12-16-7-9-19-12/h7,9H,4-6,8,10-11H2,1-3H3,(H,15,17). The summed E-state index contributed by atoms with van der Waals surface area (Å²) in [6.45, 7) is 7.61. The number of rotatable bonds is 4. The van der Waals surface area contributed by atoms with E-state index < -0.39 is 0 Å². The molecule has 2 rings (SSSR count). The van der Waals surface area contributed by atoms with Crippen molar-refractivity contribution in [2.24, 2.45) is 10.4 Å². The molecule has 0 bridgehead atoms. The molecule has 0 aromatic carbocycles. The molecule has 0 atom stereocenters. The molecule has 19 heavy (non-hydrogen) atoms. The highest BCUT2D eigenvalue weighted by Crippen LogP contribution is 2.36. The first kappa shape index (κ1) is 14.3. The Morgan fingerprint density at radius 1 is 1.53 bits per heavy atom. The van der Waals surface area contributed by atoms with Gasteiger partial charge in [-0.15, -0.1) is 11.3 Å². The second kappa shape index (κ2) is 6.37. The predicted molar refractivity (Wildman–Crippen MR) is 81.5 cm³/mol. The Hall–Kier alpha value is -1.10. The van der Waals surface area contributed by atoms with Gasteiger partial charge in [0.05, 0.1) is 6.54 Å². The molecule has 1 saturated heterocycles. The molecule has 0 unspecified atom stereocenters. The van der Waals surface area contributed by atoms with E-state index in [-0.39, 0.29) is 0 Å². The fourth-order valence-corrected chi connectivity index (χ4v) is 3.33. The van der Waals surface area contributed by atoms with Crippen molar-refractivity contribution in [1.29, 1.82) is 0 Å². The number of aliphatic imine (C=N–C) groups is 1. The summed E-state index contributed by atoms with van der Waals surface area (Å²) in [5.74, 6) is 1.01. The number of hydrogen-bond acceptors (Lipinski definition) is 3. The lowest BCUT2D eigenvalue weighted by molar-refractivity contribution is 0.276. The van der Waals surface area contributed by atoms with Gasteiger partial charge in [-0.2, -0.15) is 0 Å². The Bertz CT molecular complexity index is 409. The summed E-state index contributed by atoms with van der Waals surface area (Å²) in [6.07, 6.45) is 5.63. The Kier molecular flexibility index (Phi) is 4.80. The van der Waals surface area contributed by atoms with Gasteiger partial charge in [-0.3, -0.25) is 4.99 Å². The van der Waals surface area contributed by atoms with E-state index in [1.165, 1.54) is 19.3 Å². The van der Waals surface area contributed by atoms with Crippen molar-refractivity contribution in [1.82, 2.24) is 15.2 Å². The van der Waals surface area contributed by atoms with Crippen LogP contribution in [0.25, 0.3) is 0 Å². The topological polar surface area (TPSA) is 40.5 Å². The molecule has 4 nitrogen and oxygen atoms in total. The van der Waals surface area contributed by atoms with Crippen LogP contribution in [0.15, 0.2) is 16.6 Å². The van der Waals surface area contributed by atoms with Gasteiger partial charge >= 0.3 is 0 Å². The number of guanidine groups is 1. The molecule has 1 aliphatic rings. The first-order chi connectivity index (χ1) is 9.23. The van der Waals surface area contributed by atoms with E-state index >= 15 is 0 Å². The molecule has 1 aliphatic heterocycles. The van der Waals surface area contributed by atoms with Gasteiger partial charge in [0, 0.05) is 31.7 Å². The van der Waals surface area contributed by atoms with Crippen LogP contribution in [0.2, 0.25) is 0 Å². The summed E-state index contributed by atoms with van der Waals surface area (Å²) in [7, 11) is 1.86. The third kappa shape index (κ3) is 3.26. The normalized spacial score (nSPS) is 18.9. The molecule has 0 spiro atoms. The Morgan fingerprint density at radius 2 is 2.32 bits per heavy atom. The first-order valence-electron chi connectivity index (χ1n) is 7.07.